The van der Waals surface area contributed by atoms with Gasteiger partial charge in [-0.2, -0.15) is 0 Å². The maximum absolute atomic E-state index is 13.9. The average Bonchev–Trinajstić information content (AvgIpc) is 3.91. The molecule has 0 saturated heterocycles. The molecule has 4 aliphatic carbocycles. The van der Waals surface area contributed by atoms with Gasteiger partial charge in [-0.15, -0.1) is 22.7 Å². The van der Waals surface area contributed by atoms with Crippen LogP contribution in [0.1, 0.15) is 99.8 Å². The molecule has 2 heterocycles. The van der Waals surface area contributed by atoms with Crippen LogP contribution in [-0.2, 0) is 10.8 Å². The second-order valence-corrected chi connectivity index (χ2v) is 17.4. The first-order valence-electron chi connectivity index (χ1n) is 17.1. The molecule has 0 fully saturated rings. The minimum absolute atomic E-state index is 0.00114. The van der Waals surface area contributed by atoms with E-state index in [0.717, 1.165) is 66.0 Å². The van der Waals surface area contributed by atoms with Crippen LogP contribution in [0.3, 0.4) is 0 Å². The molecule has 10 rings (SSSR count). The molecule has 4 aromatic carbocycles. The lowest BCUT2D eigenvalue weighted by Gasteiger charge is -2.23. The molecule has 6 aromatic rings. The molecule has 0 saturated carbocycles. The van der Waals surface area contributed by atoms with Gasteiger partial charge < -0.3 is 0 Å². The van der Waals surface area contributed by atoms with Crippen LogP contribution < -0.4 is 0 Å². The summed E-state index contributed by atoms with van der Waals surface area (Å²) in [6.07, 6.45) is 3.23. The lowest BCUT2D eigenvalue weighted by atomic mass is 9.80. The molecule has 0 atom stereocenters. The van der Waals surface area contributed by atoms with Crippen LogP contribution in [0.25, 0.3) is 44.8 Å². The SMILES string of the molecule is CC1(C)C2=C(c3sc(C=C4C(=O)c5cc6cc(F)c(F)cc6cc5C4=O)cc31)C(C)(C)c1cc(C=C3C(=O)c4cc5cc(F)c(F)cc5cc4C3=O)sc12. The Balaban J connectivity index is 1.01. The van der Waals surface area contributed by atoms with Gasteiger partial charge in [0, 0.05) is 52.6 Å². The number of rotatable bonds is 2. The van der Waals surface area contributed by atoms with E-state index in [0.29, 0.717) is 21.5 Å². The first kappa shape index (κ1) is 33.0. The third-order valence-corrected chi connectivity index (χ3v) is 13.6. The van der Waals surface area contributed by atoms with Gasteiger partial charge >= 0.3 is 0 Å². The highest BCUT2D eigenvalue weighted by Gasteiger charge is 2.52. The molecule has 10 heteroatoms. The van der Waals surface area contributed by atoms with Gasteiger partial charge in [0.1, 0.15) is 0 Å². The molecule has 0 radical (unpaired) electrons. The van der Waals surface area contributed by atoms with Crippen LogP contribution in [0, 0.1) is 23.3 Å². The van der Waals surface area contributed by atoms with Gasteiger partial charge in [0.2, 0.25) is 0 Å². The molecule has 54 heavy (non-hydrogen) atoms. The van der Waals surface area contributed by atoms with Crippen LogP contribution in [0.5, 0.6) is 0 Å². The predicted octanol–water partition coefficient (Wildman–Crippen LogP) is 11.1. The molecule has 0 unspecified atom stereocenters. The summed E-state index contributed by atoms with van der Waals surface area (Å²) in [6, 6.07) is 13.9. The molecule has 4 nitrogen and oxygen atoms in total. The topological polar surface area (TPSA) is 68.3 Å². The Hall–Kier alpha value is -5.58. The van der Waals surface area contributed by atoms with Gasteiger partial charge in [-0.25, -0.2) is 17.6 Å². The van der Waals surface area contributed by atoms with E-state index in [1.54, 1.807) is 12.2 Å². The number of allylic oxidation sites excluding steroid dienone is 4. The van der Waals surface area contributed by atoms with E-state index in [-0.39, 0.29) is 33.4 Å². The van der Waals surface area contributed by atoms with Crippen molar-refractivity contribution in [2.75, 3.05) is 0 Å². The second kappa shape index (κ2) is 10.5. The van der Waals surface area contributed by atoms with E-state index in [4.69, 9.17) is 0 Å². The summed E-state index contributed by atoms with van der Waals surface area (Å²) >= 11 is 3.00. The summed E-state index contributed by atoms with van der Waals surface area (Å²) in [4.78, 5) is 57.6. The fourth-order valence-electron chi connectivity index (χ4n) is 8.62. The van der Waals surface area contributed by atoms with E-state index in [1.807, 2.05) is 12.1 Å². The van der Waals surface area contributed by atoms with Gasteiger partial charge in [0.25, 0.3) is 0 Å². The van der Waals surface area contributed by atoms with Crippen molar-refractivity contribution in [3.8, 4) is 0 Å². The number of fused-ring (bicyclic) bond motifs is 8. The van der Waals surface area contributed by atoms with Crippen molar-refractivity contribution in [3.05, 3.63) is 148 Å². The molecule has 264 valence electrons. The highest BCUT2D eigenvalue weighted by atomic mass is 32.1. The Morgan fingerprint density at radius 2 is 0.722 bits per heavy atom. The Labute approximate surface area is 312 Å². The molecule has 0 aliphatic heterocycles. The Morgan fingerprint density at radius 3 is 1.00 bits per heavy atom. The Bertz CT molecular complexity index is 2680. The van der Waals surface area contributed by atoms with Crippen molar-refractivity contribution >= 4 is 90.6 Å². The quantitative estimate of drug-likeness (QED) is 0.100. The minimum Gasteiger partial charge on any atom is -0.288 e. The number of hydrogen-bond acceptors (Lipinski definition) is 6. The zero-order valence-corrected chi connectivity index (χ0v) is 30.5. The van der Waals surface area contributed by atoms with E-state index in [9.17, 15) is 36.7 Å². The van der Waals surface area contributed by atoms with Crippen LogP contribution in [0.15, 0.2) is 71.8 Å². The summed E-state index contributed by atoms with van der Waals surface area (Å²) in [7, 11) is 0. The largest absolute Gasteiger partial charge is 0.288 e. The number of halogens is 4. The summed E-state index contributed by atoms with van der Waals surface area (Å²) in [5.74, 6) is -5.97. The lowest BCUT2D eigenvalue weighted by molar-refractivity contribution is 0.0975. The number of hydrogen-bond donors (Lipinski definition) is 0. The van der Waals surface area contributed by atoms with Gasteiger partial charge in [0.15, 0.2) is 46.4 Å². The van der Waals surface area contributed by atoms with Crippen LogP contribution in [0.4, 0.5) is 17.6 Å². The van der Waals surface area contributed by atoms with E-state index in [2.05, 4.69) is 27.7 Å². The molecular weight excluding hydrogens is 733 g/mol. The zero-order valence-electron chi connectivity index (χ0n) is 28.9. The molecular formula is C44H24F4O4S2. The van der Waals surface area contributed by atoms with Crippen molar-refractivity contribution in [3.63, 3.8) is 0 Å². The third-order valence-electron chi connectivity index (χ3n) is 11.4. The van der Waals surface area contributed by atoms with Crippen LogP contribution in [0.2, 0.25) is 0 Å². The fraction of sp³-hybridized carbons (Fsp3) is 0.136. The molecule has 2 aromatic heterocycles. The number of benzene rings is 4. The zero-order chi connectivity index (χ0) is 37.9. The van der Waals surface area contributed by atoms with Crippen molar-refractivity contribution in [2.24, 2.45) is 0 Å². The predicted molar refractivity (Wildman–Crippen MR) is 203 cm³/mol. The normalized spacial score (nSPS) is 17.6. The fourth-order valence-corrected chi connectivity index (χ4v) is 11.6. The Morgan fingerprint density at radius 1 is 0.444 bits per heavy atom. The maximum Gasteiger partial charge on any atom is 0.197 e. The summed E-state index contributed by atoms with van der Waals surface area (Å²) in [5, 5.41) is 1.32. The van der Waals surface area contributed by atoms with E-state index in [1.165, 1.54) is 46.9 Å². The first-order valence-corrected chi connectivity index (χ1v) is 18.7. The van der Waals surface area contributed by atoms with Crippen LogP contribution >= 0.6 is 22.7 Å². The van der Waals surface area contributed by atoms with Crippen molar-refractivity contribution in [1.29, 1.82) is 0 Å². The summed E-state index contributed by atoms with van der Waals surface area (Å²) in [6.45, 7) is 8.51. The number of ketones is 4. The molecule has 0 N–H and O–H groups in total. The van der Waals surface area contributed by atoms with E-state index >= 15 is 0 Å². The highest BCUT2D eigenvalue weighted by molar-refractivity contribution is 7.16. The molecule has 0 bridgehead atoms. The summed E-state index contributed by atoms with van der Waals surface area (Å²) in [5.41, 5.74) is 4.13. The van der Waals surface area contributed by atoms with Gasteiger partial charge in [-0.1, -0.05) is 27.7 Å². The van der Waals surface area contributed by atoms with Crippen molar-refractivity contribution in [1.82, 2.24) is 0 Å². The van der Waals surface area contributed by atoms with E-state index < -0.39 is 57.2 Å². The third kappa shape index (κ3) is 4.23. The number of carbonyl (C=O) groups excluding carboxylic acids is 4. The lowest BCUT2D eigenvalue weighted by Crippen LogP contribution is -2.16. The Kier molecular flexibility index (Phi) is 6.45. The van der Waals surface area contributed by atoms with Crippen molar-refractivity contribution in [2.45, 2.75) is 38.5 Å². The highest BCUT2D eigenvalue weighted by Crippen LogP contribution is 2.66. The summed E-state index contributed by atoms with van der Waals surface area (Å²) < 4.78 is 55.8. The average molecular weight is 757 g/mol. The van der Waals surface area contributed by atoms with Gasteiger partial charge in [0.05, 0.1) is 11.1 Å². The maximum atomic E-state index is 13.9. The number of Topliss-reactive ketones (excluding diaryl/α,β-unsaturated/α-hetero) is 4. The van der Waals surface area contributed by atoms with Crippen molar-refractivity contribution < 1.29 is 36.7 Å². The minimum atomic E-state index is -1.03. The first-order chi connectivity index (χ1) is 25.5. The number of thiophene rings is 2. The molecule has 4 aliphatic rings. The smallest absolute Gasteiger partial charge is 0.197 e. The number of carbonyl (C=O) groups is 4. The second-order valence-electron chi connectivity index (χ2n) is 15.2. The van der Waals surface area contributed by atoms with Crippen LogP contribution in [-0.4, -0.2) is 23.1 Å². The molecule has 0 amide bonds. The van der Waals surface area contributed by atoms with Gasteiger partial charge in [-0.3, -0.25) is 19.2 Å². The monoisotopic (exact) mass is 756 g/mol. The van der Waals surface area contributed by atoms with Gasteiger partial charge in [-0.05, 0) is 117 Å². The standard InChI is InChI=1S/C44H24F4O4S2/c1-43(2)29-15-21(13-27-37(49)23-5-17-9-31(45)32(46)10-18(17)6-24(23)38(27)50)53-41(29)36-35(43)42-30(44(36,3)4)16-22(54-42)14-28-39(51)25-7-19-11-33(47)34(48)12-20(19)8-26(25)40(28)52/h5-16H,1-4H3. The molecule has 0 spiro atoms.